The van der Waals surface area contributed by atoms with Gasteiger partial charge in [0.2, 0.25) is 5.91 Å². The molecule has 0 saturated carbocycles. The summed E-state index contributed by atoms with van der Waals surface area (Å²) in [5.41, 5.74) is 1.13. The van der Waals surface area contributed by atoms with E-state index in [1.165, 1.54) is 6.92 Å². The van der Waals surface area contributed by atoms with Gasteiger partial charge in [-0.15, -0.1) is 10.2 Å². The zero-order chi connectivity index (χ0) is 13.7. The third-order valence-electron chi connectivity index (χ3n) is 2.22. The molecule has 0 unspecified atom stereocenters. The van der Waals surface area contributed by atoms with Gasteiger partial charge in [0.05, 0.1) is 0 Å². The van der Waals surface area contributed by atoms with Gasteiger partial charge in [-0.05, 0) is 29.8 Å². The molecule has 0 atom stereocenters. The van der Waals surface area contributed by atoms with Crippen molar-refractivity contribution in [3.8, 4) is 0 Å². The maximum Gasteiger partial charge on any atom is 0.222 e. The quantitative estimate of drug-likeness (QED) is 0.878. The van der Waals surface area contributed by atoms with Crippen LogP contribution in [-0.2, 0) is 10.5 Å². The molecule has 0 spiro atoms. The smallest absolute Gasteiger partial charge is 0.222 e. The molecule has 1 aromatic heterocycles. The summed E-state index contributed by atoms with van der Waals surface area (Å²) in [5, 5.41) is 12.1. The van der Waals surface area contributed by atoms with Crippen molar-refractivity contribution in [1.29, 1.82) is 0 Å². The van der Waals surface area contributed by atoms with Gasteiger partial charge >= 0.3 is 0 Å². The first kappa shape index (κ1) is 13.8. The lowest BCUT2D eigenvalue weighted by Gasteiger charge is -2.03. The maximum atomic E-state index is 10.8. The average Bonchev–Trinajstić information content (AvgIpc) is 2.37. The van der Waals surface area contributed by atoms with Crippen molar-refractivity contribution in [2.75, 3.05) is 5.32 Å². The van der Waals surface area contributed by atoms with E-state index < -0.39 is 0 Å². The van der Waals surface area contributed by atoms with Crippen LogP contribution in [0.1, 0.15) is 12.5 Å². The summed E-state index contributed by atoms with van der Waals surface area (Å²) < 4.78 is 0. The average molecular weight is 294 g/mol. The summed E-state index contributed by atoms with van der Waals surface area (Å²) in [5.74, 6) is 1.07. The Bertz CT molecular complexity index is 574. The number of aromatic nitrogens is 2. The normalized spacial score (nSPS) is 10.2. The van der Waals surface area contributed by atoms with Gasteiger partial charge in [-0.1, -0.05) is 35.5 Å². The summed E-state index contributed by atoms with van der Waals surface area (Å²) in [7, 11) is 0. The van der Waals surface area contributed by atoms with Crippen LogP contribution in [0.5, 0.6) is 0 Å². The first-order valence-electron chi connectivity index (χ1n) is 5.62. The number of carbonyl (C=O) groups is 1. The minimum Gasteiger partial charge on any atom is -0.309 e. The molecule has 2 aromatic rings. The molecule has 1 heterocycles. The van der Waals surface area contributed by atoms with Crippen LogP contribution < -0.4 is 5.32 Å². The molecule has 2 rings (SSSR count). The highest BCUT2D eigenvalue weighted by Gasteiger charge is 2.01. The zero-order valence-corrected chi connectivity index (χ0v) is 11.8. The molecule has 0 aliphatic heterocycles. The topological polar surface area (TPSA) is 54.9 Å². The minimum absolute atomic E-state index is 0.159. The predicted molar refractivity (Wildman–Crippen MR) is 77.3 cm³/mol. The van der Waals surface area contributed by atoms with Crippen LogP contribution in [-0.4, -0.2) is 16.1 Å². The third kappa shape index (κ3) is 4.54. The Labute approximate surface area is 120 Å². The van der Waals surface area contributed by atoms with Gasteiger partial charge in [0.1, 0.15) is 5.03 Å². The Hall–Kier alpha value is -1.59. The van der Waals surface area contributed by atoms with Crippen LogP contribution >= 0.6 is 23.4 Å². The fourth-order valence-electron chi connectivity index (χ4n) is 1.43. The van der Waals surface area contributed by atoms with Gasteiger partial charge in [-0.25, -0.2) is 0 Å². The largest absolute Gasteiger partial charge is 0.309 e. The van der Waals surface area contributed by atoms with E-state index in [0.717, 1.165) is 21.4 Å². The molecule has 98 valence electrons. The minimum atomic E-state index is -0.159. The number of thioether (sulfide) groups is 1. The number of halogens is 1. The number of anilines is 1. The Morgan fingerprint density at radius 1 is 1.32 bits per heavy atom. The fraction of sp³-hybridized carbons (Fsp3) is 0.154. The second-order valence-corrected chi connectivity index (χ2v) is 5.29. The van der Waals surface area contributed by atoms with Gasteiger partial charge in [0.15, 0.2) is 5.82 Å². The molecule has 0 bridgehead atoms. The van der Waals surface area contributed by atoms with E-state index in [1.807, 2.05) is 30.3 Å². The van der Waals surface area contributed by atoms with E-state index in [9.17, 15) is 4.79 Å². The van der Waals surface area contributed by atoms with Gasteiger partial charge in [-0.2, -0.15) is 0 Å². The number of carbonyl (C=O) groups excluding carboxylic acids is 1. The van der Waals surface area contributed by atoms with Crippen LogP contribution in [0.25, 0.3) is 0 Å². The fourth-order valence-corrected chi connectivity index (χ4v) is 2.40. The number of amides is 1. The molecule has 6 heteroatoms. The number of nitrogens with one attached hydrogen (secondary N) is 1. The number of hydrogen-bond acceptors (Lipinski definition) is 4. The van der Waals surface area contributed by atoms with Crippen LogP contribution in [0.2, 0.25) is 5.02 Å². The van der Waals surface area contributed by atoms with E-state index in [1.54, 1.807) is 17.8 Å². The SMILES string of the molecule is CC(=O)Nc1ccc(SCc2cccc(Cl)c2)nn1. The van der Waals surface area contributed by atoms with Crippen molar-refractivity contribution in [1.82, 2.24) is 10.2 Å². The molecular weight excluding hydrogens is 282 g/mol. The second-order valence-electron chi connectivity index (χ2n) is 3.86. The van der Waals surface area contributed by atoms with Crippen LogP contribution in [0.4, 0.5) is 5.82 Å². The first-order chi connectivity index (χ1) is 9.13. The summed E-state index contributed by atoms with van der Waals surface area (Å²) in [6, 6.07) is 11.3. The molecule has 0 saturated heterocycles. The highest BCUT2D eigenvalue weighted by Crippen LogP contribution is 2.22. The van der Waals surface area contributed by atoms with E-state index in [2.05, 4.69) is 15.5 Å². The van der Waals surface area contributed by atoms with E-state index in [4.69, 9.17) is 11.6 Å². The highest BCUT2D eigenvalue weighted by molar-refractivity contribution is 7.98. The Morgan fingerprint density at radius 3 is 2.79 bits per heavy atom. The Morgan fingerprint density at radius 2 is 2.16 bits per heavy atom. The van der Waals surface area contributed by atoms with Gasteiger partial charge in [0, 0.05) is 17.7 Å². The predicted octanol–water partition coefficient (Wildman–Crippen LogP) is 3.38. The Kier molecular flexibility index (Phi) is 4.76. The highest BCUT2D eigenvalue weighted by atomic mass is 35.5. The lowest BCUT2D eigenvalue weighted by Crippen LogP contribution is -2.07. The zero-order valence-electron chi connectivity index (χ0n) is 10.3. The second kappa shape index (κ2) is 6.54. The van der Waals surface area contributed by atoms with Crippen LogP contribution in [0.15, 0.2) is 41.4 Å². The molecule has 0 aliphatic rings. The lowest BCUT2D eigenvalue weighted by atomic mass is 10.2. The first-order valence-corrected chi connectivity index (χ1v) is 6.98. The van der Waals surface area contributed by atoms with Crippen molar-refractivity contribution >= 4 is 35.1 Å². The number of nitrogens with zero attached hydrogens (tertiary/aromatic N) is 2. The summed E-state index contributed by atoms with van der Waals surface area (Å²) >= 11 is 7.48. The monoisotopic (exact) mass is 293 g/mol. The molecule has 1 amide bonds. The van der Waals surface area contributed by atoms with Gasteiger partial charge in [-0.3, -0.25) is 4.79 Å². The molecule has 4 nitrogen and oxygen atoms in total. The molecule has 1 N–H and O–H groups in total. The van der Waals surface area contributed by atoms with Crippen molar-refractivity contribution in [3.63, 3.8) is 0 Å². The van der Waals surface area contributed by atoms with E-state index in [-0.39, 0.29) is 5.91 Å². The van der Waals surface area contributed by atoms with Crippen LogP contribution in [0.3, 0.4) is 0 Å². The van der Waals surface area contributed by atoms with Crippen LogP contribution in [0, 0.1) is 0 Å². The van der Waals surface area contributed by atoms with Crippen molar-refractivity contribution < 1.29 is 4.79 Å². The summed E-state index contributed by atoms with van der Waals surface area (Å²) in [4.78, 5) is 10.8. The Balaban J connectivity index is 1.94. The van der Waals surface area contributed by atoms with Crippen molar-refractivity contribution in [3.05, 3.63) is 47.0 Å². The molecule has 0 aliphatic carbocycles. The molecular formula is C13H12ClN3OS. The standard InChI is InChI=1S/C13H12ClN3OS/c1-9(18)15-12-5-6-13(17-16-12)19-8-10-3-2-4-11(14)7-10/h2-7H,8H2,1H3,(H,15,16,18). The van der Waals surface area contributed by atoms with Crippen molar-refractivity contribution in [2.24, 2.45) is 0 Å². The van der Waals surface area contributed by atoms with Gasteiger partial charge < -0.3 is 5.32 Å². The molecule has 0 fully saturated rings. The maximum absolute atomic E-state index is 10.8. The summed E-state index contributed by atoms with van der Waals surface area (Å²) in [6.45, 7) is 1.43. The number of hydrogen-bond donors (Lipinski definition) is 1. The molecule has 1 aromatic carbocycles. The van der Waals surface area contributed by atoms with Crippen molar-refractivity contribution in [2.45, 2.75) is 17.7 Å². The number of rotatable bonds is 4. The molecule has 19 heavy (non-hydrogen) atoms. The summed E-state index contributed by atoms with van der Waals surface area (Å²) in [6.07, 6.45) is 0. The number of benzene rings is 1. The molecule has 0 radical (unpaired) electrons. The van der Waals surface area contributed by atoms with Gasteiger partial charge in [0.25, 0.3) is 0 Å². The third-order valence-corrected chi connectivity index (χ3v) is 3.45. The van der Waals surface area contributed by atoms with E-state index >= 15 is 0 Å². The van der Waals surface area contributed by atoms with E-state index in [0.29, 0.717) is 5.82 Å². The lowest BCUT2D eigenvalue weighted by molar-refractivity contribution is -0.114.